The Balaban J connectivity index is 2.27. The molecule has 1 fully saturated rings. The van der Waals surface area contributed by atoms with Crippen LogP contribution in [0.1, 0.15) is 6.42 Å². The van der Waals surface area contributed by atoms with Crippen molar-refractivity contribution in [1.82, 2.24) is 0 Å². The van der Waals surface area contributed by atoms with Crippen molar-refractivity contribution in [3.63, 3.8) is 0 Å². The van der Waals surface area contributed by atoms with Gasteiger partial charge in [-0.2, -0.15) is 0 Å². The lowest BCUT2D eigenvalue weighted by Crippen LogP contribution is -2.33. The average molecular weight is 239 g/mol. The SMILES string of the molecule is O=C([O-])[C@H]1CC(=O)N(c2ccccc2Cl)C1. The molecule has 1 amide bonds. The van der Waals surface area contributed by atoms with Gasteiger partial charge in [-0.1, -0.05) is 23.7 Å². The summed E-state index contributed by atoms with van der Waals surface area (Å²) in [4.78, 5) is 23.7. The number of carboxylic acids is 1. The molecule has 1 aliphatic rings. The van der Waals surface area contributed by atoms with Gasteiger partial charge in [-0.15, -0.1) is 0 Å². The van der Waals surface area contributed by atoms with Crippen LogP contribution in [0, 0.1) is 5.92 Å². The van der Waals surface area contributed by atoms with Crippen LogP contribution >= 0.6 is 11.6 Å². The van der Waals surface area contributed by atoms with Gasteiger partial charge in [0.05, 0.1) is 10.7 Å². The number of benzene rings is 1. The maximum absolute atomic E-state index is 11.6. The largest absolute Gasteiger partial charge is 0.550 e. The second-order valence-electron chi connectivity index (χ2n) is 3.68. The van der Waals surface area contributed by atoms with E-state index in [2.05, 4.69) is 0 Å². The molecule has 0 aromatic heterocycles. The first-order chi connectivity index (χ1) is 7.59. The van der Waals surface area contributed by atoms with Gasteiger partial charge >= 0.3 is 0 Å². The van der Waals surface area contributed by atoms with Gasteiger partial charge in [0.1, 0.15) is 0 Å². The highest BCUT2D eigenvalue weighted by atomic mass is 35.5. The summed E-state index contributed by atoms with van der Waals surface area (Å²) in [5.41, 5.74) is 0.554. The number of carbonyl (C=O) groups excluding carboxylic acids is 2. The van der Waals surface area contributed by atoms with Gasteiger partial charge in [-0.25, -0.2) is 0 Å². The zero-order valence-electron chi connectivity index (χ0n) is 8.35. The number of carbonyl (C=O) groups is 2. The molecule has 0 bridgehead atoms. The van der Waals surface area contributed by atoms with Crippen LogP contribution in [0.4, 0.5) is 5.69 Å². The Hall–Kier alpha value is -1.55. The Morgan fingerprint density at radius 2 is 2.12 bits per heavy atom. The highest BCUT2D eigenvalue weighted by Crippen LogP contribution is 2.30. The summed E-state index contributed by atoms with van der Waals surface area (Å²) in [6.07, 6.45) is -0.0203. The standard InChI is InChI=1S/C11H10ClNO3/c12-8-3-1-2-4-9(8)13-6-7(11(15)16)5-10(13)14/h1-4,7H,5-6H2,(H,15,16)/p-1/t7-/m0/s1. The quantitative estimate of drug-likeness (QED) is 0.751. The van der Waals surface area contributed by atoms with Crippen LogP contribution in [0.3, 0.4) is 0 Å². The van der Waals surface area contributed by atoms with Crippen molar-refractivity contribution >= 4 is 29.2 Å². The summed E-state index contributed by atoms with van der Waals surface area (Å²) in [7, 11) is 0. The molecule has 1 atom stereocenters. The molecule has 0 radical (unpaired) electrons. The number of amides is 1. The lowest BCUT2D eigenvalue weighted by atomic mass is 10.1. The Bertz CT molecular complexity index is 447. The van der Waals surface area contributed by atoms with Crippen LogP contribution in [0.5, 0.6) is 0 Å². The van der Waals surface area contributed by atoms with E-state index in [-0.39, 0.29) is 18.9 Å². The maximum atomic E-state index is 11.6. The summed E-state index contributed by atoms with van der Waals surface area (Å²) in [6, 6.07) is 6.86. The van der Waals surface area contributed by atoms with E-state index in [1.807, 2.05) is 0 Å². The van der Waals surface area contributed by atoms with Gasteiger partial charge < -0.3 is 14.8 Å². The number of halogens is 1. The van der Waals surface area contributed by atoms with Gasteiger partial charge in [-0.3, -0.25) is 4.79 Å². The molecule has 1 saturated heterocycles. The summed E-state index contributed by atoms with van der Waals surface area (Å²) in [5.74, 6) is -2.17. The lowest BCUT2D eigenvalue weighted by Gasteiger charge is -2.18. The van der Waals surface area contributed by atoms with Crippen LogP contribution in [0.15, 0.2) is 24.3 Å². The van der Waals surface area contributed by atoms with E-state index in [0.29, 0.717) is 10.7 Å². The zero-order valence-corrected chi connectivity index (χ0v) is 9.11. The van der Waals surface area contributed by atoms with Gasteiger partial charge in [0.2, 0.25) is 5.91 Å². The Labute approximate surface area is 97.4 Å². The number of hydrogen-bond acceptors (Lipinski definition) is 3. The Morgan fingerprint density at radius 1 is 1.44 bits per heavy atom. The molecule has 0 N–H and O–H groups in total. The molecule has 1 heterocycles. The Kier molecular flexibility index (Phi) is 2.83. The first kappa shape index (κ1) is 11.0. The van der Waals surface area contributed by atoms with Crippen LogP contribution in [-0.4, -0.2) is 18.4 Å². The van der Waals surface area contributed by atoms with Gasteiger partial charge in [-0.05, 0) is 12.1 Å². The predicted octanol–water partition coefficient (Wildman–Crippen LogP) is 0.443. The third-order valence-corrected chi connectivity index (χ3v) is 2.92. The minimum absolute atomic E-state index is 0.0203. The fourth-order valence-electron chi connectivity index (χ4n) is 1.77. The van der Waals surface area contributed by atoms with Crippen molar-refractivity contribution in [2.24, 2.45) is 5.92 Å². The molecule has 2 rings (SSSR count). The Morgan fingerprint density at radius 3 is 2.69 bits per heavy atom. The maximum Gasteiger partial charge on any atom is 0.227 e. The summed E-state index contributed by atoms with van der Waals surface area (Å²) < 4.78 is 0. The van der Waals surface area contributed by atoms with Gasteiger partial charge in [0, 0.05) is 24.9 Å². The van der Waals surface area contributed by atoms with Crippen LogP contribution < -0.4 is 10.0 Å². The second kappa shape index (κ2) is 4.14. The normalized spacial score (nSPS) is 20.2. The number of rotatable bonds is 2. The zero-order chi connectivity index (χ0) is 11.7. The topological polar surface area (TPSA) is 60.4 Å². The second-order valence-corrected chi connectivity index (χ2v) is 4.08. The average Bonchev–Trinajstić information content (AvgIpc) is 2.61. The van der Waals surface area contributed by atoms with E-state index in [1.165, 1.54) is 4.90 Å². The molecular formula is C11H9ClNO3-. The van der Waals surface area contributed by atoms with Crippen molar-refractivity contribution in [2.45, 2.75) is 6.42 Å². The first-order valence-corrected chi connectivity index (χ1v) is 5.23. The number of nitrogens with zero attached hydrogens (tertiary/aromatic N) is 1. The van der Waals surface area contributed by atoms with Crippen molar-refractivity contribution in [3.8, 4) is 0 Å². The van der Waals surface area contributed by atoms with E-state index in [0.717, 1.165) is 0 Å². The lowest BCUT2D eigenvalue weighted by molar-refractivity contribution is -0.310. The van der Waals surface area contributed by atoms with E-state index in [1.54, 1.807) is 24.3 Å². The molecule has 1 aromatic carbocycles. The fraction of sp³-hybridized carbons (Fsp3) is 0.273. The van der Waals surface area contributed by atoms with Crippen LogP contribution in [0.25, 0.3) is 0 Å². The van der Waals surface area contributed by atoms with E-state index in [9.17, 15) is 14.7 Å². The minimum Gasteiger partial charge on any atom is -0.550 e. The highest BCUT2D eigenvalue weighted by molar-refractivity contribution is 6.33. The van der Waals surface area contributed by atoms with E-state index < -0.39 is 11.9 Å². The van der Waals surface area contributed by atoms with Crippen LogP contribution in [-0.2, 0) is 9.59 Å². The monoisotopic (exact) mass is 238 g/mol. The molecule has 0 unspecified atom stereocenters. The third-order valence-electron chi connectivity index (χ3n) is 2.60. The predicted molar refractivity (Wildman–Crippen MR) is 56.9 cm³/mol. The molecule has 1 aliphatic heterocycles. The number of hydrogen-bond donors (Lipinski definition) is 0. The molecule has 0 aliphatic carbocycles. The van der Waals surface area contributed by atoms with Gasteiger partial charge in [0.15, 0.2) is 0 Å². The van der Waals surface area contributed by atoms with Gasteiger partial charge in [0.25, 0.3) is 0 Å². The molecule has 0 saturated carbocycles. The molecule has 16 heavy (non-hydrogen) atoms. The van der Waals surface area contributed by atoms with E-state index >= 15 is 0 Å². The van der Waals surface area contributed by atoms with Crippen molar-refractivity contribution in [2.75, 3.05) is 11.4 Å². The molecule has 0 spiro atoms. The van der Waals surface area contributed by atoms with Crippen molar-refractivity contribution in [3.05, 3.63) is 29.3 Å². The number of carboxylic acid groups (broad SMARTS) is 1. The number of para-hydroxylation sites is 1. The molecule has 4 nitrogen and oxygen atoms in total. The smallest absolute Gasteiger partial charge is 0.227 e. The summed E-state index contributed by atoms with van der Waals surface area (Å²) in [6.45, 7) is 0.130. The number of anilines is 1. The van der Waals surface area contributed by atoms with E-state index in [4.69, 9.17) is 11.6 Å². The fourth-order valence-corrected chi connectivity index (χ4v) is 2.01. The van der Waals surface area contributed by atoms with Crippen molar-refractivity contribution < 1.29 is 14.7 Å². The number of aliphatic carboxylic acids is 1. The molecule has 1 aromatic rings. The molecule has 5 heteroatoms. The summed E-state index contributed by atoms with van der Waals surface area (Å²) in [5, 5.41) is 11.1. The summed E-state index contributed by atoms with van der Waals surface area (Å²) >= 11 is 5.94. The highest BCUT2D eigenvalue weighted by Gasteiger charge is 2.32. The molecular weight excluding hydrogens is 230 g/mol. The third kappa shape index (κ3) is 1.88. The van der Waals surface area contributed by atoms with Crippen LogP contribution in [0.2, 0.25) is 5.02 Å². The van der Waals surface area contributed by atoms with Crippen molar-refractivity contribution in [1.29, 1.82) is 0 Å². The first-order valence-electron chi connectivity index (χ1n) is 4.85. The molecule has 84 valence electrons. The minimum atomic E-state index is -1.19.